The Morgan fingerprint density at radius 3 is 2.50 bits per heavy atom. The molecule has 1 N–H and O–H groups in total. The number of allylic oxidation sites excluding steroid dienone is 2. The molecule has 4 heteroatoms. The molecule has 0 aromatic heterocycles. The highest BCUT2D eigenvalue weighted by atomic mass is 16.7. The van der Waals surface area contributed by atoms with Crippen molar-refractivity contribution in [1.29, 1.82) is 0 Å². The maximum absolute atomic E-state index is 10.3. The Hall–Kier alpha value is -1.29. The Morgan fingerprint density at radius 1 is 1.11 bits per heavy atom. The van der Waals surface area contributed by atoms with Crippen LogP contribution in [0.4, 0.5) is 0 Å². The maximum Gasteiger partial charge on any atom is 0.303 e. The largest absolute Gasteiger partial charge is 0.481 e. The standard InChI is InChI=1S/C14H22O4/c15-13(16)9-5-3-1-2-4-7-11-17-14-10-6-8-12-18-14/h6,8,10,12,14H,1-5,7,9,11H2,(H,15,16). The molecule has 1 heterocycles. The second-order valence-corrected chi connectivity index (χ2v) is 4.35. The summed E-state index contributed by atoms with van der Waals surface area (Å²) in [6.45, 7) is 0.706. The Bertz CT molecular complexity index is 284. The minimum Gasteiger partial charge on any atom is -0.481 e. The fourth-order valence-electron chi connectivity index (χ4n) is 1.75. The molecule has 102 valence electrons. The van der Waals surface area contributed by atoms with Crippen molar-refractivity contribution in [1.82, 2.24) is 0 Å². The summed E-state index contributed by atoms with van der Waals surface area (Å²) in [5.74, 6) is -0.696. The van der Waals surface area contributed by atoms with Gasteiger partial charge in [-0.05, 0) is 25.0 Å². The van der Waals surface area contributed by atoms with E-state index in [0.717, 1.165) is 38.5 Å². The predicted octanol–water partition coefficient (Wildman–Crippen LogP) is 3.24. The first kappa shape index (κ1) is 14.8. The van der Waals surface area contributed by atoms with Crippen LogP contribution in [0.1, 0.15) is 44.9 Å². The molecule has 0 saturated heterocycles. The number of carboxylic acids is 1. The minimum atomic E-state index is -0.696. The highest BCUT2D eigenvalue weighted by Crippen LogP contribution is 2.09. The van der Waals surface area contributed by atoms with Crippen molar-refractivity contribution in [3.05, 3.63) is 24.5 Å². The van der Waals surface area contributed by atoms with Crippen molar-refractivity contribution < 1.29 is 19.4 Å². The van der Waals surface area contributed by atoms with Crippen LogP contribution < -0.4 is 0 Å². The number of unbranched alkanes of at least 4 members (excludes halogenated alkanes) is 5. The molecule has 0 aromatic carbocycles. The van der Waals surface area contributed by atoms with Crippen LogP contribution in [-0.2, 0) is 14.3 Å². The van der Waals surface area contributed by atoms with E-state index < -0.39 is 5.97 Å². The average Bonchev–Trinajstić information content (AvgIpc) is 2.37. The summed E-state index contributed by atoms with van der Waals surface area (Å²) in [5.41, 5.74) is 0. The van der Waals surface area contributed by atoms with Gasteiger partial charge < -0.3 is 14.6 Å². The molecular formula is C14H22O4. The Balaban J connectivity index is 1.80. The topological polar surface area (TPSA) is 55.8 Å². The van der Waals surface area contributed by atoms with Gasteiger partial charge in [-0.15, -0.1) is 0 Å². The maximum atomic E-state index is 10.3. The summed E-state index contributed by atoms with van der Waals surface area (Å²) < 4.78 is 10.7. The fraction of sp³-hybridized carbons (Fsp3) is 0.643. The summed E-state index contributed by atoms with van der Waals surface area (Å²) in [5, 5.41) is 8.47. The van der Waals surface area contributed by atoms with E-state index in [2.05, 4.69) is 0 Å². The Kier molecular flexibility index (Phi) is 7.97. The first-order valence-electron chi connectivity index (χ1n) is 6.61. The van der Waals surface area contributed by atoms with Crippen LogP contribution in [0.15, 0.2) is 24.5 Å². The number of aliphatic carboxylic acids is 1. The van der Waals surface area contributed by atoms with Crippen LogP contribution in [-0.4, -0.2) is 24.0 Å². The number of hydrogen-bond donors (Lipinski definition) is 1. The number of carbonyl (C=O) groups is 1. The Labute approximate surface area is 108 Å². The quantitative estimate of drug-likeness (QED) is 0.608. The van der Waals surface area contributed by atoms with Crippen molar-refractivity contribution in [2.75, 3.05) is 6.61 Å². The van der Waals surface area contributed by atoms with Crippen molar-refractivity contribution in [2.45, 2.75) is 51.2 Å². The number of ether oxygens (including phenoxy) is 2. The second kappa shape index (κ2) is 9.71. The highest BCUT2D eigenvalue weighted by molar-refractivity contribution is 5.66. The molecule has 0 radical (unpaired) electrons. The molecule has 0 fully saturated rings. The Morgan fingerprint density at radius 2 is 1.83 bits per heavy atom. The molecule has 1 aliphatic heterocycles. The molecule has 0 saturated carbocycles. The van der Waals surface area contributed by atoms with E-state index in [0.29, 0.717) is 13.0 Å². The third kappa shape index (κ3) is 7.90. The van der Waals surface area contributed by atoms with Crippen molar-refractivity contribution >= 4 is 5.97 Å². The highest BCUT2D eigenvalue weighted by Gasteiger charge is 2.04. The molecule has 4 nitrogen and oxygen atoms in total. The molecule has 0 bridgehead atoms. The zero-order valence-electron chi connectivity index (χ0n) is 10.7. The van der Waals surface area contributed by atoms with Crippen LogP contribution >= 0.6 is 0 Å². The lowest BCUT2D eigenvalue weighted by Gasteiger charge is -2.15. The third-order valence-corrected chi connectivity index (χ3v) is 2.74. The van der Waals surface area contributed by atoms with Gasteiger partial charge in [-0.2, -0.15) is 0 Å². The van der Waals surface area contributed by atoms with E-state index in [9.17, 15) is 4.79 Å². The van der Waals surface area contributed by atoms with E-state index in [1.54, 1.807) is 6.26 Å². The first-order chi connectivity index (χ1) is 8.79. The number of carboxylic acid groups (broad SMARTS) is 1. The van der Waals surface area contributed by atoms with Crippen LogP contribution in [0.3, 0.4) is 0 Å². The summed E-state index contributed by atoms with van der Waals surface area (Å²) >= 11 is 0. The summed E-state index contributed by atoms with van der Waals surface area (Å²) in [6, 6.07) is 0. The summed E-state index contributed by atoms with van der Waals surface area (Å²) in [7, 11) is 0. The van der Waals surface area contributed by atoms with Crippen LogP contribution in [0.5, 0.6) is 0 Å². The van der Waals surface area contributed by atoms with Gasteiger partial charge in [-0.25, -0.2) is 0 Å². The monoisotopic (exact) mass is 254 g/mol. The molecule has 0 spiro atoms. The van der Waals surface area contributed by atoms with Gasteiger partial charge in [0.25, 0.3) is 0 Å². The lowest BCUT2D eigenvalue weighted by molar-refractivity contribution is -0.137. The zero-order chi connectivity index (χ0) is 13.1. The molecular weight excluding hydrogens is 232 g/mol. The zero-order valence-corrected chi connectivity index (χ0v) is 10.7. The molecule has 0 aromatic rings. The SMILES string of the molecule is O=C(O)CCCCCCCCOC1C=CC=CO1. The lowest BCUT2D eigenvalue weighted by atomic mass is 10.1. The van der Waals surface area contributed by atoms with Gasteiger partial charge in [0.15, 0.2) is 0 Å². The van der Waals surface area contributed by atoms with Gasteiger partial charge in [0.2, 0.25) is 6.29 Å². The molecule has 18 heavy (non-hydrogen) atoms. The van der Waals surface area contributed by atoms with E-state index in [1.165, 1.54) is 0 Å². The van der Waals surface area contributed by atoms with Crippen molar-refractivity contribution in [3.63, 3.8) is 0 Å². The third-order valence-electron chi connectivity index (χ3n) is 2.74. The fourth-order valence-corrected chi connectivity index (χ4v) is 1.75. The molecule has 1 rings (SSSR count). The molecule has 1 unspecified atom stereocenters. The second-order valence-electron chi connectivity index (χ2n) is 4.35. The van der Waals surface area contributed by atoms with Gasteiger partial charge in [0, 0.05) is 6.42 Å². The smallest absolute Gasteiger partial charge is 0.303 e. The van der Waals surface area contributed by atoms with Crippen LogP contribution in [0, 0.1) is 0 Å². The minimum absolute atomic E-state index is 0.231. The van der Waals surface area contributed by atoms with Crippen molar-refractivity contribution in [2.24, 2.45) is 0 Å². The van der Waals surface area contributed by atoms with Gasteiger partial charge >= 0.3 is 5.97 Å². The molecule has 0 amide bonds. The number of hydrogen-bond acceptors (Lipinski definition) is 3. The summed E-state index contributed by atoms with van der Waals surface area (Å²) in [4.78, 5) is 10.3. The van der Waals surface area contributed by atoms with E-state index in [4.69, 9.17) is 14.6 Å². The predicted molar refractivity (Wildman–Crippen MR) is 69.1 cm³/mol. The van der Waals surface area contributed by atoms with Gasteiger partial charge in [0.1, 0.15) is 0 Å². The average molecular weight is 254 g/mol. The number of rotatable bonds is 10. The van der Waals surface area contributed by atoms with Crippen LogP contribution in [0.25, 0.3) is 0 Å². The van der Waals surface area contributed by atoms with Crippen molar-refractivity contribution in [3.8, 4) is 0 Å². The van der Waals surface area contributed by atoms with Crippen LogP contribution in [0.2, 0.25) is 0 Å². The molecule has 1 aliphatic rings. The van der Waals surface area contributed by atoms with Gasteiger partial charge in [-0.3, -0.25) is 4.79 Å². The molecule has 0 aliphatic carbocycles. The van der Waals surface area contributed by atoms with E-state index >= 15 is 0 Å². The summed E-state index contributed by atoms with van der Waals surface area (Å²) in [6.07, 6.45) is 13.5. The van der Waals surface area contributed by atoms with Gasteiger partial charge in [0.05, 0.1) is 12.9 Å². The lowest BCUT2D eigenvalue weighted by Crippen LogP contribution is -2.13. The first-order valence-corrected chi connectivity index (χ1v) is 6.61. The van der Waals surface area contributed by atoms with E-state index in [1.807, 2.05) is 18.2 Å². The van der Waals surface area contributed by atoms with E-state index in [-0.39, 0.29) is 6.29 Å². The van der Waals surface area contributed by atoms with Gasteiger partial charge in [-0.1, -0.05) is 31.8 Å². The normalized spacial score (nSPS) is 17.7. The molecule has 1 atom stereocenters.